The maximum atomic E-state index is 12.0. The first kappa shape index (κ1) is 24.4. The number of β-lactam (4-membered cyclic amide) rings is 1. The van der Waals surface area contributed by atoms with Crippen molar-refractivity contribution in [1.82, 2.24) is 15.6 Å². The zero-order valence-corrected chi connectivity index (χ0v) is 18.8. The summed E-state index contributed by atoms with van der Waals surface area (Å²) in [5.41, 5.74) is 2.64. The lowest BCUT2D eigenvalue weighted by atomic mass is 9.97. The van der Waals surface area contributed by atoms with E-state index in [0.717, 1.165) is 0 Å². The largest absolute Gasteiger partial charge is 0.504 e. The van der Waals surface area contributed by atoms with E-state index in [4.69, 9.17) is 0 Å². The first-order valence-electron chi connectivity index (χ1n) is 10.5. The molecule has 0 radical (unpaired) electrons. The number of fused-ring (bicyclic) bond motifs is 1. The van der Waals surface area contributed by atoms with E-state index in [1.807, 2.05) is 0 Å². The van der Waals surface area contributed by atoms with Gasteiger partial charge in [-0.05, 0) is 38.0 Å². The van der Waals surface area contributed by atoms with Crippen molar-refractivity contribution in [2.45, 2.75) is 55.2 Å². The molecule has 2 saturated heterocycles. The summed E-state index contributed by atoms with van der Waals surface area (Å²) >= 11 is 1.35. The van der Waals surface area contributed by atoms with Crippen LogP contribution in [-0.2, 0) is 14.4 Å². The predicted molar refractivity (Wildman–Crippen MR) is 120 cm³/mol. The van der Waals surface area contributed by atoms with Gasteiger partial charge in [-0.1, -0.05) is 6.42 Å². The minimum atomic E-state index is -1.10. The lowest BCUT2D eigenvalue weighted by Crippen LogP contribution is -2.57. The molecule has 0 bridgehead atoms. The minimum absolute atomic E-state index is 0.175. The molecular formula is C21H26N4O7S. The van der Waals surface area contributed by atoms with Gasteiger partial charge in [0.05, 0.1) is 16.5 Å². The van der Waals surface area contributed by atoms with Crippen molar-refractivity contribution in [3.63, 3.8) is 0 Å². The number of carboxylic acid groups (broad SMARTS) is 1. The lowest BCUT2D eigenvalue weighted by molar-refractivity contribution is -0.156. The van der Waals surface area contributed by atoms with Crippen LogP contribution in [0.5, 0.6) is 11.5 Å². The Morgan fingerprint density at radius 3 is 2.67 bits per heavy atom. The molecule has 2 fully saturated rings. The van der Waals surface area contributed by atoms with E-state index in [-0.39, 0.29) is 46.6 Å². The number of carboxylic acids is 1. The van der Waals surface area contributed by atoms with Gasteiger partial charge >= 0.3 is 5.97 Å². The molecule has 2 aliphatic heterocycles. The standard InChI is InChI=1S/C21H26N4O7S/c1-21(18(20(31)32)25-16(29)10-17(25)33-21)11-23-24-15(28)5-3-2-4-8-22-19(30)12-6-7-13(26)14(27)9-12/h6-7,9,11,17-18,26-27H,2-5,8,10H2,1H3,(H,22,30)(H,24,28)(H,31,32)/b23-11+/t17-,18+,21+/m1/s1. The molecule has 0 saturated carbocycles. The normalized spacial score (nSPS) is 23.8. The van der Waals surface area contributed by atoms with Crippen molar-refractivity contribution in [3.8, 4) is 11.5 Å². The molecule has 5 N–H and O–H groups in total. The smallest absolute Gasteiger partial charge is 0.328 e. The number of phenolic OH excluding ortho intramolecular Hbond substituents is 2. The monoisotopic (exact) mass is 478 g/mol. The Morgan fingerprint density at radius 1 is 1.24 bits per heavy atom. The molecular weight excluding hydrogens is 452 g/mol. The van der Waals surface area contributed by atoms with Crippen LogP contribution < -0.4 is 10.7 Å². The minimum Gasteiger partial charge on any atom is -0.504 e. The fraction of sp³-hybridized carbons (Fsp3) is 0.476. The Bertz CT molecular complexity index is 985. The number of hydrogen-bond donors (Lipinski definition) is 5. The number of nitrogens with one attached hydrogen (secondary N) is 2. The van der Waals surface area contributed by atoms with Crippen molar-refractivity contribution in [2.75, 3.05) is 6.54 Å². The van der Waals surface area contributed by atoms with Crippen molar-refractivity contribution in [1.29, 1.82) is 0 Å². The molecule has 0 aromatic heterocycles. The number of amides is 3. The zero-order chi connectivity index (χ0) is 24.2. The molecule has 3 atom stereocenters. The summed E-state index contributed by atoms with van der Waals surface area (Å²) < 4.78 is -0.928. The number of thioether (sulfide) groups is 1. The number of hydrogen-bond acceptors (Lipinski definition) is 8. The van der Waals surface area contributed by atoms with Crippen LogP contribution in [0.25, 0.3) is 0 Å². The quantitative estimate of drug-likeness (QED) is 0.109. The fourth-order valence-electron chi connectivity index (χ4n) is 3.75. The summed E-state index contributed by atoms with van der Waals surface area (Å²) in [7, 11) is 0. The molecule has 3 amide bonds. The van der Waals surface area contributed by atoms with Gasteiger partial charge in [-0.15, -0.1) is 11.8 Å². The highest BCUT2D eigenvalue weighted by atomic mass is 32.2. The average Bonchev–Trinajstić information content (AvgIpc) is 2.99. The maximum absolute atomic E-state index is 12.0. The Hall–Kier alpha value is -3.28. The van der Waals surface area contributed by atoms with Crippen molar-refractivity contribution in [3.05, 3.63) is 23.8 Å². The van der Waals surface area contributed by atoms with Gasteiger partial charge in [0.1, 0.15) is 6.04 Å². The van der Waals surface area contributed by atoms with Crippen LogP contribution in [0, 0.1) is 0 Å². The van der Waals surface area contributed by atoms with Crippen LogP contribution in [0.1, 0.15) is 49.4 Å². The number of benzene rings is 1. The second-order valence-electron chi connectivity index (χ2n) is 8.07. The predicted octanol–water partition coefficient (Wildman–Crippen LogP) is 1.01. The van der Waals surface area contributed by atoms with Gasteiger partial charge in [-0.3, -0.25) is 14.4 Å². The van der Waals surface area contributed by atoms with E-state index in [1.54, 1.807) is 6.92 Å². The third-order valence-electron chi connectivity index (χ3n) is 5.51. The van der Waals surface area contributed by atoms with Crippen molar-refractivity contribution >= 4 is 41.7 Å². The molecule has 0 spiro atoms. The molecule has 178 valence electrons. The SMILES string of the molecule is C[C@@]1(/C=N/NC(=O)CCCCCNC(=O)c2ccc(O)c(O)c2)S[C@@H]2CC(=O)N2[C@H]1C(=O)O. The number of carbonyl (C=O) groups excluding carboxylic acids is 3. The van der Waals surface area contributed by atoms with Crippen LogP contribution in [0.3, 0.4) is 0 Å². The number of aromatic hydroxyl groups is 2. The van der Waals surface area contributed by atoms with Gasteiger partial charge in [0.2, 0.25) is 11.8 Å². The fourth-order valence-corrected chi connectivity index (χ4v) is 5.38. The third kappa shape index (κ3) is 5.56. The van der Waals surface area contributed by atoms with E-state index < -0.39 is 16.8 Å². The van der Waals surface area contributed by atoms with Crippen molar-refractivity contribution < 1.29 is 34.5 Å². The Balaban J connectivity index is 1.33. The average molecular weight is 479 g/mol. The number of carbonyl (C=O) groups is 4. The number of hydrazone groups is 1. The lowest BCUT2D eigenvalue weighted by Gasteiger charge is -2.36. The Kier molecular flexibility index (Phi) is 7.46. The molecule has 1 aromatic carbocycles. The van der Waals surface area contributed by atoms with Gasteiger partial charge in [-0.25, -0.2) is 10.2 Å². The first-order chi connectivity index (χ1) is 15.6. The van der Waals surface area contributed by atoms with Crippen LogP contribution >= 0.6 is 11.8 Å². The first-order valence-corrected chi connectivity index (χ1v) is 11.4. The second-order valence-corrected chi connectivity index (χ2v) is 9.72. The highest BCUT2D eigenvalue weighted by molar-refractivity contribution is 8.02. The number of nitrogens with zero attached hydrogens (tertiary/aromatic N) is 2. The highest BCUT2D eigenvalue weighted by Gasteiger charge is 2.60. The molecule has 11 nitrogen and oxygen atoms in total. The number of phenols is 2. The van der Waals surface area contributed by atoms with E-state index in [2.05, 4.69) is 15.8 Å². The van der Waals surface area contributed by atoms with E-state index >= 15 is 0 Å². The molecule has 2 aliphatic rings. The van der Waals surface area contributed by atoms with Gasteiger partial charge in [0, 0.05) is 24.7 Å². The van der Waals surface area contributed by atoms with Crippen LogP contribution in [0.4, 0.5) is 0 Å². The van der Waals surface area contributed by atoms with E-state index in [1.165, 1.54) is 41.1 Å². The second kappa shape index (κ2) is 10.1. The third-order valence-corrected chi connectivity index (χ3v) is 7.01. The summed E-state index contributed by atoms with van der Waals surface area (Å²) in [5, 5.41) is 34.7. The van der Waals surface area contributed by atoms with Crippen LogP contribution in [0.2, 0.25) is 0 Å². The number of aliphatic carboxylic acids is 1. The van der Waals surface area contributed by atoms with Gasteiger partial charge < -0.3 is 25.5 Å². The van der Waals surface area contributed by atoms with E-state index in [9.17, 15) is 34.5 Å². The molecule has 1 aromatic rings. The van der Waals surface area contributed by atoms with Crippen molar-refractivity contribution in [2.24, 2.45) is 5.10 Å². The molecule has 0 unspecified atom stereocenters. The summed E-state index contributed by atoms with van der Waals surface area (Å²) in [4.78, 5) is 48.7. The maximum Gasteiger partial charge on any atom is 0.328 e. The topological polar surface area (TPSA) is 169 Å². The van der Waals surface area contributed by atoms with Gasteiger partial charge in [0.25, 0.3) is 5.91 Å². The summed E-state index contributed by atoms with van der Waals surface area (Å²) in [6, 6.07) is 2.80. The molecule has 12 heteroatoms. The Labute approximate surface area is 194 Å². The Morgan fingerprint density at radius 2 is 2.00 bits per heavy atom. The molecule has 3 rings (SSSR count). The number of rotatable bonds is 10. The molecule has 2 heterocycles. The summed E-state index contributed by atoms with van der Waals surface area (Å²) in [5.74, 6) is -2.65. The summed E-state index contributed by atoms with van der Waals surface area (Å²) in [6.45, 7) is 2.08. The highest BCUT2D eigenvalue weighted by Crippen LogP contribution is 2.50. The van der Waals surface area contributed by atoms with Gasteiger partial charge in [-0.2, -0.15) is 5.10 Å². The van der Waals surface area contributed by atoms with E-state index in [0.29, 0.717) is 32.2 Å². The number of unbranched alkanes of at least 4 members (excludes halogenated alkanes) is 2. The molecule has 0 aliphatic carbocycles. The van der Waals surface area contributed by atoms with Crippen LogP contribution in [-0.4, -0.2) is 72.8 Å². The summed E-state index contributed by atoms with van der Waals surface area (Å²) in [6.07, 6.45) is 3.82. The van der Waals surface area contributed by atoms with Crippen LogP contribution in [0.15, 0.2) is 23.3 Å². The van der Waals surface area contributed by atoms with Gasteiger partial charge in [0.15, 0.2) is 11.5 Å². The zero-order valence-electron chi connectivity index (χ0n) is 18.0. The molecule has 33 heavy (non-hydrogen) atoms.